The summed E-state index contributed by atoms with van der Waals surface area (Å²) in [6.07, 6.45) is 0.890. The van der Waals surface area contributed by atoms with Gasteiger partial charge in [-0.1, -0.05) is 19.1 Å². The fourth-order valence-electron chi connectivity index (χ4n) is 3.21. The molecule has 7 nitrogen and oxygen atoms in total. The van der Waals surface area contributed by atoms with Crippen LogP contribution in [0, 0.1) is 6.92 Å². The molecule has 0 fully saturated rings. The van der Waals surface area contributed by atoms with E-state index < -0.39 is 6.04 Å². The maximum absolute atomic E-state index is 12.8. The van der Waals surface area contributed by atoms with Gasteiger partial charge in [0.25, 0.3) is 0 Å². The van der Waals surface area contributed by atoms with Crippen LogP contribution in [0.5, 0.6) is 5.75 Å². The number of anilines is 1. The van der Waals surface area contributed by atoms with Crippen LogP contribution in [0.1, 0.15) is 31.0 Å². The average Bonchev–Trinajstić information content (AvgIpc) is 3.03. The summed E-state index contributed by atoms with van der Waals surface area (Å²) in [5.74, 6) is 1.27. The Bertz CT molecular complexity index is 798. The highest BCUT2D eigenvalue weighted by Gasteiger charge is 2.34. The Hall–Kier alpha value is -2.83. The van der Waals surface area contributed by atoms with Crippen LogP contribution in [0.3, 0.4) is 0 Å². The van der Waals surface area contributed by atoms with Crippen LogP contribution in [0.25, 0.3) is 0 Å². The predicted octanol–water partition coefficient (Wildman–Crippen LogP) is 2.03. The molecule has 7 heteroatoms. The summed E-state index contributed by atoms with van der Waals surface area (Å²) < 4.78 is 6.94. The van der Waals surface area contributed by atoms with Gasteiger partial charge in [-0.3, -0.25) is 14.5 Å². The second-order valence-corrected chi connectivity index (χ2v) is 6.37. The predicted molar refractivity (Wildman–Crippen MR) is 98.0 cm³/mol. The van der Waals surface area contributed by atoms with E-state index in [1.54, 1.807) is 16.7 Å². The number of aryl methyl sites for hydroxylation is 2. The van der Waals surface area contributed by atoms with E-state index in [2.05, 4.69) is 10.4 Å². The molecule has 3 rings (SSSR count). The fraction of sp³-hybridized carbons (Fsp3) is 0.421. The van der Waals surface area contributed by atoms with Gasteiger partial charge in [0.2, 0.25) is 11.8 Å². The number of hydrogen-bond acceptors (Lipinski definition) is 4. The molecule has 1 N–H and O–H groups in total. The minimum Gasteiger partial charge on any atom is -0.497 e. The molecule has 1 aromatic heterocycles. The molecule has 26 heavy (non-hydrogen) atoms. The zero-order valence-electron chi connectivity index (χ0n) is 15.4. The number of nitrogens with one attached hydrogen (secondary N) is 1. The lowest BCUT2D eigenvalue weighted by molar-refractivity contribution is -0.127. The number of ether oxygens (including phenoxy) is 1. The molecule has 1 unspecified atom stereocenters. The minimum absolute atomic E-state index is 0.0381. The third-order valence-corrected chi connectivity index (χ3v) is 4.56. The van der Waals surface area contributed by atoms with Crippen molar-refractivity contribution in [3.05, 3.63) is 41.6 Å². The van der Waals surface area contributed by atoms with Crippen molar-refractivity contribution in [3.63, 3.8) is 0 Å². The van der Waals surface area contributed by atoms with Gasteiger partial charge in [-0.2, -0.15) is 5.10 Å². The van der Waals surface area contributed by atoms with Gasteiger partial charge >= 0.3 is 0 Å². The molecule has 2 heterocycles. The van der Waals surface area contributed by atoms with Crippen LogP contribution in [0.4, 0.5) is 5.82 Å². The third-order valence-electron chi connectivity index (χ3n) is 4.56. The van der Waals surface area contributed by atoms with E-state index in [0.29, 0.717) is 31.7 Å². The van der Waals surface area contributed by atoms with Crippen molar-refractivity contribution >= 4 is 17.6 Å². The summed E-state index contributed by atoms with van der Waals surface area (Å²) in [5.41, 5.74) is 1.81. The number of benzene rings is 1. The van der Waals surface area contributed by atoms with Crippen LogP contribution in [-0.2, 0) is 22.7 Å². The summed E-state index contributed by atoms with van der Waals surface area (Å²) in [6, 6.07) is 8.84. The van der Waals surface area contributed by atoms with Crippen LogP contribution in [0.15, 0.2) is 30.3 Å². The molecule has 0 aliphatic carbocycles. The second-order valence-electron chi connectivity index (χ2n) is 6.37. The SMILES string of the molecule is CCC(C(=O)NCc1ccc(OC)cc1)N1C(=O)CCn2nc(C)cc21. The first-order chi connectivity index (χ1) is 12.5. The van der Waals surface area contributed by atoms with Gasteiger partial charge in [0, 0.05) is 19.0 Å². The zero-order valence-corrected chi connectivity index (χ0v) is 15.4. The number of hydrogen-bond donors (Lipinski definition) is 1. The van der Waals surface area contributed by atoms with Crippen LogP contribution in [-0.4, -0.2) is 34.7 Å². The molecular formula is C19H24N4O3. The topological polar surface area (TPSA) is 76.5 Å². The standard InChI is InChI=1S/C19H24N4O3/c1-4-16(19(25)20-12-14-5-7-15(26-3)8-6-14)23-17-11-13(2)21-22(17)10-9-18(23)24/h5-8,11,16H,4,9-10,12H2,1-3H3,(H,20,25). The zero-order chi connectivity index (χ0) is 18.7. The van der Waals surface area contributed by atoms with Gasteiger partial charge < -0.3 is 10.1 Å². The van der Waals surface area contributed by atoms with E-state index >= 15 is 0 Å². The van der Waals surface area contributed by atoms with E-state index in [1.165, 1.54) is 0 Å². The molecule has 1 aliphatic rings. The first kappa shape index (κ1) is 18.0. The number of aromatic nitrogens is 2. The molecule has 0 bridgehead atoms. The average molecular weight is 356 g/mol. The minimum atomic E-state index is -0.545. The molecule has 1 aromatic carbocycles. The van der Waals surface area contributed by atoms with Crippen molar-refractivity contribution in [2.24, 2.45) is 0 Å². The number of fused-ring (bicyclic) bond motifs is 1. The van der Waals surface area contributed by atoms with Crippen molar-refractivity contribution < 1.29 is 14.3 Å². The smallest absolute Gasteiger partial charge is 0.243 e. The highest BCUT2D eigenvalue weighted by Crippen LogP contribution is 2.26. The van der Waals surface area contributed by atoms with E-state index in [-0.39, 0.29) is 11.8 Å². The lowest BCUT2D eigenvalue weighted by Crippen LogP contribution is -2.52. The summed E-state index contributed by atoms with van der Waals surface area (Å²) in [4.78, 5) is 26.9. The van der Waals surface area contributed by atoms with Gasteiger partial charge in [-0.05, 0) is 31.0 Å². The van der Waals surface area contributed by atoms with Crippen LogP contribution in [0.2, 0.25) is 0 Å². The molecule has 0 spiro atoms. The van der Waals surface area contributed by atoms with Crippen molar-refractivity contribution in [1.82, 2.24) is 15.1 Å². The Kier molecular flexibility index (Phi) is 5.25. The monoisotopic (exact) mass is 356 g/mol. The number of methoxy groups -OCH3 is 1. The van der Waals surface area contributed by atoms with Gasteiger partial charge in [-0.15, -0.1) is 0 Å². The molecule has 2 amide bonds. The molecule has 1 atom stereocenters. The quantitative estimate of drug-likeness (QED) is 0.859. The third kappa shape index (κ3) is 3.56. The summed E-state index contributed by atoms with van der Waals surface area (Å²) in [5, 5.41) is 7.34. The highest BCUT2D eigenvalue weighted by molar-refractivity contribution is 6.00. The molecule has 0 saturated carbocycles. The first-order valence-electron chi connectivity index (χ1n) is 8.80. The number of amides is 2. The number of nitrogens with zero attached hydrogens (tertiary/aromatic N) is 3. The van der Waals surface area contributed by atoms with Crippen LogP contribution < -0.4 is 15.0 Å². The lowest BCUT2D eigenvalue weighted by Gasteiger charge is -2.33. The van der Waals surface area contributed by atoms with E-state index in [0.717, 1.165) is 17.0 Å². The van der Waals surface area contributed by atoms with E-state index in [9.17, 15) is 9.59 Å². The largest absolute Gasteiger partial charge is 0.497 e. The molecular weight excluding hydrogens is 332 g/mol. The Labute approximate surface area is 152 Å². The summed E-state index contributed by atoms with van der Waals surface area (Å²) in [7, 11) is 1.62. The highest BCUT2D eigenvalue weighted by atomic mass is 16.5. The van der Waals surface area contributed by atoms with Gasteiger partial charge in [0.1, 0.15) is 17.6 Å². The van der Waals surface area contributed by atoms with Gasteiger partial charge in [0.15, 0.2) is 0 Å². The van der Waals surface area contributed by atoms with Crippen molar-refractivity contribution in [1.29, 1.82) is 0 Å². The Morgan fingerprint density at radius 1 is 1.35 bits per heavy atom. The van der Waals surface area contributed by atoms with Crippen molar-refractivity contribution in [3.8, 4) is 5.75 Å². The lowest BCUT2D eigenvalue weighted by atomic mass is 10.1. The second kappa shape index (κ2) is 7.59. The Morgan fingerprint density at radius 2 is 2.08 bits per heavy atom. The molecule has 0 saturated heterocycles. The molecule has 0 radical (unpaired) electrons. The maximum atomic E-state index is 12.8. The summed E-state index contributed by atoms with van der Waals surface area (Å²) in [6.45, 7) is 4.76. The Balaban J connectivity index is 1.73. The van der Waals surface area contributed by atoms with Gasteiger partial charge in [0.05, 0.1) is 19.3 Å². The van der Waals surface area contributed by atoms with Crippen molar-refractivity contribution in [2.75, 3.05) is 12.0 Å². The summed E-state index contributed by atoms with van der Waals surface area (Å²) >= 11 is 0. The molecule has 2 aromatic rings. The maximum Gasteiger partial charge on any atom is 0.243 e. The van der Waals surface area contributed by atoms with Gasteiger partial charge in [-0.25, -0.2) is 4.68 Å². The molecule has 1 aliphatic heterocycles. The first-order valence-corrected chi connectivity index (χ1v) is 8.80. The number of carbonyl (C=O) groups is 2. The number of carbonyl (C=O) groups excluding carboxylic acids is 2. The normalized spacial score (nSPS) is 14.7. The van der Waals surface area contributed by atoms with Crippen molar-refractivity contribution in [2.45, 2.75) is 45.8 Å². The molecule has 138 valence electrons. The van der Waals surface area contributed by atoms with E-state index in [1.807, 2.05) is 44.2 Å². The fourth-order valence-corrected chi connectivity index (χ4v) is 3.21. The van der Waals surface area contributed by atoms with Crippen LogP contribution >= 0.6 is 0 Å². The number of rotatable bonds is 6. The van der Waals surface area contributed by atoms with E-state index in [4.69, 9.17) is 4.74 Å². The Morgan fingerprint density at radius 3 is 2.73 bits per heavy atom.